The second-order valence-corrected chi connectivity index (χ2v) is 7.90. The molecule has 3 heterocycles. The summed E-state index contributed by atoms with van der Waals surface area (Å²) in [5.41, 5.74) is 7.55. The van der Waals surface area contributed by atoms with Gasteiger partial charge in [0.2, 0.25) is 0 Å². The third kappa shape index (κ3) is 3.84. The lowest BCUT2D eigenvalue weighted by molar-refractivity contribution is 0.0547. The molecule has 0 bridgehead atoms. The first-order valence-electron chi connectivity index (χ1n) is 9.01. The van der Waals surface area contributed by atoms with Gasteiger partial charge in [0.05, 0.1) is 10.4 Å². The van der Waals surface area contributed by atoms with Crippen LogP contribution in [0.2, 0.25) is 0 Å². The first-order chi connectivity index (χ1) is 13.1. The van der Waals surface area contributed by atoms with Crippen molar-refractivity contribution in [2.75, 3.05) is 13.2 Å². The van der Waals surface area contributed by atoms with E-state index >= 15 is 0 Å². The van der Waals surface area contributed by atoms with Crippen molar-refractivity contribution in [1.29, 1.82) is 0 Å². The SMILES string of the molecule is NC(=O)c1nnc(CC2CCCOC2)c2cc(C3=CC=C(F)C=CC3)sc12. The predicted octanol–water partition coefficient (Wildman–Crippen LogP) is 3.96. The van der Waals surface area contributed by atoms with E-state index in [0.717, 1.165) is 58.7 Å². The topological polar surface area (TPSA) is 78.1 Å². The summed E-state index contributed by atoms with van der Waals surface area (Å²) < 4.78 is 19.8. The van der Waals surface area contributed by atoms with E-state index in [0.29, 0.717) is 12.3 Å². The number of halogens is 1. The van der Waals surface area contributed by atoms with Gasteiger partial charge < -0.3 is 10.5 Å². The van der Waals surface area contributed by atoms with Gasteiger partial charge in [-0.1, -0.05) is 12.2 Å². The van der Waals surface area contributed by atoms with Crippen LogP contribution in [0.3, 0.4) is 0 Å². The van der Waals surface area contributed by atoms with Gasteiger partial charge in [0.25, 0.3) is 5.91 Å². The van der Waals surface area contributed by atoms with Gasteiger partial charge in [0.1, 0.15) is 5.83 Å². The number of hydrogen-bond acceptors (Lipinski definition) is 5. The Labute approximate surface area is 160 Å². The molecular formula is C20H20FN3O2S. The zero-order valence-electron chi connectivity index (χ0n) is 14.8. The number of amides is 1. The lowest BCUT2D eigenvalue weighted by Crippen LogP contribution is -2.20. The summed E-state index contributed by atoms with van der Waals surface area (Å²) in [6, 6.07) is 2.02. The fourth-order valence-corrected chi connectivity index (χ4v) is 4.69. The van der Waals surface area contributed by atoms with Crippen molar-refractivity contribution in [3.63, 3.8) is 0 Å². The number of nitrogens with two attached hydrogens (primary N) is 1. The molecule has 140 valence electrons. The normalized spacial score (nSPS) is 20.3. The van der Waals surface area contributed by atoms with E-state index in [1.807, 2.05) is 6.07 Å². The monoisotopic (exact) mass is 385 g/mol. The van der Waals surface area contributed by atoms with Gasteiger partial charge in [-0.05, 0) is 55.4 Å². The van der Waals surface area contributed by atoms with E-state index in [1.54, 1.807) is 12.2 Å². The highest BCUT2D eigenvalue weighted by atomic mass is 32.1. The van der Waals surface area contributed by atoms with Crippen LogP contribution in [0.15, 0.2) is 36.2 Å². The van der Waals surface area contributed by atoms with E-state index in [4.69, 9.17) is 10.5 Å². The largest absolute Gasteiger partial charge is 0.381 e. The maximum absolute atomic E-state index is 13.5. The van der Waals surface area contributed by atoms with Gasteiger partial charge in [-0.2, -0.15) is 5.10 Å². The third-order valence-electron chi connectivity index (χ3n) is 4.87. The molecule has 2 N–H and O–H groups in total. The predicted molar refractivity (Wildman–Crippen MR) is 104 cm³/mol. The van der Waals surface area contributed by atoms with Crippen LogP contribution in [0.1, 0.15) is 40.3 Å². The van der Waals surface area contributed by atoms with Crippen LogP contribution in [0.4, 0.5) is 4.39 Å². The number of fused-ring (bicyclic) bond motifs is 1. The average molecular weight is 385 g/mol. The molecule has 1 fully saturated rings. The zero-order chi connectivity index (χ0) is 18.8. The van der Waals surface area contributed by atoms with Gasteiger partial charge in [0.15, 0.2) is 5.69 Å². The molecule has 1 aliphatic heterocycles. The van der Waals surface area contributed by atoms with Crippen LogP contribution in [-0.4, -0.2) is 29.3 Å². The Morgan fingerprint density at radius 1 is 1.37 bits per heavy atom. The van der Waals surface area contributed by atoms with Crippen LogP contribution in [0.5, 0.6) is 0 Å². The van der Waals surface area contributed by atoms with Crippen LogP contribution in [-0.2, 0) is 11.2 Å². The molecule has 4 rings (SSSR count). The summed E-state index contributed by atoms with van der Waals surface area (Å²) in [6.07, 6.45) is 10.0. The molecule has 1 aliphatic carbocycles. The Bertz CT molecular complexity index is 971. The standard InChI is InChI=1S/C20H20FN3O2S/c21-14-5-1-4-13(6-7-14)17-10-15-16(9-12-3-2-8-26-11-12)23-24-18(20(22)25)19(15)27-17/h1,5-7,10,12H,2-4,8-9,11H2,(H2,22,25). The Morgan fingerprint density at radius 3 is 3.04 bits per heavy atom. The van der Waals surface area contributed by atoms with Crippen LogP contribution < -0.4 is 5.73 Å². The summed E-state index contributed by atoms with van der Waals surface area (Å²) in [6.45, 7) is 1.53. The molecule has 7 heteroatoms. The average Bonchev–Trinajstić information content (AvgIpc) is 2.99. The highest BCUT2D eigenvalue weighted by Crippen LogP contribution is 2.36. The molecule has 27 heavy (non-hydrogen) atoms. The fourth-order valence-electron chi connectivity index (χ4n) is 3.49. The molecule has 2 aromatic heterocycles. The van der Waals surface area contributed by atoms with Crippen molar-refractivity contribution < 1.29 is 13.9 Å². The number of primary amides is 1. The minimum Gasteiger partial charge on any atom is -0.381 e. The molecule has 0 radical (unpaired) electrons. The maximum atomic E-state index is 13.5. The number of aromatic nitrogens is 2. The van der Waals surface area contributed by atoms with E-state index in [-0.39, 0.29) is 11.5 Å². The van der Waals surface area contributed by atoms with E-state index in [9.17, 15) is 9.18 Å². The van der Waals surface area contributed by atoms with E-state index < -0.39 is 5.91 Å². The van der Waals surface area contributed by atoms with E-state index in [1.165, 1.54) is 23.5 Å². The Balaban J connectivity index is 1.76. The summed E-state index contributed by atoms with van der Waals surface area (Å²) in [5, 5.41) is 9.31. The van der Waals surface area contributed by atoms with Gasteiger partial charge in [-0.3, -0.25) is 4.79 Å². The van der Waals surface area contributed by atoms with Crippen molar-refractivity contribution in [2.45, 2.75) is 25.7 Å². The van der Waals surface area contributed by atoms with Gasteiger partial charge in [-0.15, -0.1) is 16.4 Å². The summed E-state index contributed by atoms with van der Waals surface area (Å²) in [5.74, 6) is -0.463. The van der Waals surface area contributed by atoms with Crippen molar-refractivity contribution in [1.82, 2.24) is 10.2 Å². The first-order valence-corrected chi connectivity index (χ1v) is 9.83. The molecule has 0 spiro atoms. The molecular weight excluding hydrogens is 365 g/mol. The van der Waals surface area contributed by atoms with Crippen molar-refractivity contribution in [3.05, 3.63) is 52.5 Å². The summed E-state index contributed by atoms with van der Waals surface area (Å²) in [4.78, 5) is 12.8. The van der Waals surface area contributed by atoms with Crippen LogP contribution in [0.25, 0.3) is 15.7 Å². The molecule has 1 atom stereocenters. The molecule has 2 aliphatic rings. The zero-order valence-corrected chi connectivity index (χ0v) is 15.6. The number of rotatable bonds is 4. The van der Waals surface area contributed by atoms with Gasteiger partial charge in [0, 0.05) is 23.5 Å². The molecule has 0 saturated carbocycles. The number of nitrogens with zero attached hydrogens (tertiary/aromatic N) is 2. The Kier molecular flexibility index (Phi) is 5.13. The third-order valence-corrected chi connectivity index (χ3v) is 6.09. The Hall–Kier alpha value is -2.38. The van der Waals surface area contributed by atoms with Crippen molar-refractivity contribution >= 4 is 32.9 Å². The van der Waals surface area contributed by atoms with Gasteiger partial charge in [-0.25, -0.2) is 4.39 Å². The second kappa shape index (κ2) is 7.70. The second-order valence-electron chi connectivity index (χ2n) is 6.85. The number of hydrogen-bond donors (Lipinski definition) is 1. The van der Waals surface area contributed by atoms with Crippen LogP contribution >= 0.6 is 11.3 Å². The summed E-state index contributed by atoms with van der Waals surface area (Å²) in [7, 11) is 0. The van der Waals surface area contributed by atoms with Crippen LogP contribution in [0, 0.1) is 5.92 Å². The molecule has 1 amide bonds. The minimum absolute atomic E-state index is 0.191. The Morgan fingerprint density at radius 2 is 2.26 bits per heavy atom. The molecule has 2 aromatic rings. The summed E-state index contributed by atoms with van der Waals surface area (Å²) >= 11 is 1.46. The quantitative estimate of drug-likeness (QED) is 0.864. The molecule has 0 aromatic carbocycles. The van der Waals surface area contributed by atoms with Crippen molar-refractivity contribution in [3.8, 4) is 0 Å². The minimum atomic E-state index is -0.589. The number of ether oxygens (including phenoxy) is 1. The lowest BCUT2D eigenvalue weighted by atomic mass is 9.95. The number of thiophene rings is 1. The van der Waals surface area contributed by atoms with E-state index in [2.05, 4.69) is 10.2 Å². The number of carbonyl (C=O) groups excluding carboxylic acids is 1. The highest BCUT2D eigenvalue weighted by molar-refractivity contribution is 7.20. The molecule has 5 nitrogen and oxygen atoms in total. The molecule has 1 unspecified atom stereocenters. The maximum Gasteiger partial charge on any atom is 0.270 e. The lowest BCUT2D eigenvalue weighted by Gasteiger charge is -2.21. The first kappa shape index (κ1) is 18.0. The highest BCUT2D eigenvalue weighted by Gasteiger charge is 2.21. The van der Waals surface area contributed by atoms with Crippen molar-refractivity contribution in [2.24, 2.45) is 11.7 Å². The number of allylic oxidation sites excluding steroid dienone is 6. The van der Waals surface area contributed by atoms with Gasteiger partial charge >= 0.3 is 0 Å². The smallest absolute Gasteiger partial charge is 0.270 e. The fraction of sp³-hybridized carbons (Fsp3) is 0.350. The number of carbonyl (C=O) groups is 1. The molecule has 1 saturated heterocycles.